The predicted octanol–water partition coefficient (Wildman–Crippen LogP) is 3.76. The summed E-state index contributed by atoms with van der Waals surface area (Å²) >= 11 is 5.98. The molecule has 1 saturated heterocycles. The zero-order valence-electron chi connectivity index (χ0n) is 18.4. The van der Waals surface area contributed by atoms with E-state index in [0.717, 1.165) is 74.3 Å². The van der Waals surface area contributed by atoms with Crippen molar-refractivity contribution >= 4 is 47.2 Å². The van der Waals surface area contributed by atoms with E-state index in [9.17, 15) is 0 Å². The summed E-state index contributed by atoms with van der Waals surface area (Å²) in [6.45, 7) is 3.99. The van der Waals surface area contributed by atoms with Crippen LogP contribution >= 0.6 is 35.6 Å². The Morgan fingerprint density at radius 1 is 1.12 bits per heavy atom. The van der Waals surface area contributed by atoms with Crippen LogP contribution in [0, 0.1) is 0 Å². The zero-order chi connectivity index (χ0) is 21.5. The van der Waals surface area contributed by atoms with Gasteiger partial charge in [-0.2, -0.15) is 0 Å². The Morgan fingerprint density at radius 2 is 1.91 bits per heavy atom. The highest BCUT2D eigenvalue weighted by molar-refractivity contribution is 14.0. The van der Waals surface area contributed by atoms with Crippen LogP contribution in [-0.2, 0) is 13.0 Å². The number of aryl methyl sites for hydroxylation is 1. The number of aliphatic imine (C=N–C) groups is 1. The smallest absolute Gasteiger partial charge is 0.191 e. The molecule has 32 heavy (non-hydrogen) atoms. The van der Waals surface area contributed by atoms with Crippen LogP contribution in [0.3, 0.4) is 0 Å². The maximum Gasteiger partial charge on any atom is 0.191 e. The maximum atomic E-state index is 5.98. The predicted molar refractivity (Wildman–Crippen MR) is 141 cm³/mol. The first-order valence-corrected chi connectivity index (χ1v) is 11.3. The fourth-order valence-corrected chi connectivity index (χ4v) is 4.11. The van der Waals surface area contributed by atoms with Gasteiger partial charge in [-0.05, 0) is 49.1 Å². The van der Waals surface area contributed by atoms with Crippen LogP contribution < -0.4 is 10.6 Å². The van der Waals surface area contributed by atoms with E-state index < -0.39 is 0 Å². The van der Waals surface area contributed by atoms with E-state index in [2.05, 4.69) is 42.9 Å². The van der Waals surface area contributed by atoms with Crippen LogP contribution in [0.5, 0.6) is 0 Å². The molecule has 2 aromatic heterocycles. The number of hydrogen-bond acceptors (Lipinski definition) is 4. The van der Waals surface area contributed by atoms with Crippen LogP contribution in [-0.4, -0.2) is 58.2 Å². The molecule has 2 N–H and O–H groups in total. The van der Waals surface area contributed by atoms with Crippen LogP contribution in [0.15, 0.2) is 53.7 Å². The van der Waals surface area contributed by atoms with E-state index >= 15 is 0 Å². The van der Waals surface area contributed by atoms with Crippen molar-refractivity contribution in [3.05, 3.63) is 65.1 Å². The van der Waals surface area contributed by atoms with Crippen LogP contribution in [0.25, 0.3) is 5.65 Å². The second-order valence-corrected chi connectivity index (χ2v) is 8.41. The molecule has 0 unspecified atom stereocenters. The fourth-order valence-electron chi connectivity index (χ4n) is 3.99. The highest BCUT2D eigenvalue weighted by Gasteiger charge is 2.20. The second kappa shape index (κ2) is 12.4. The average Bonchev–Trinajstić information content (AvgIpc) is 3.22. The van der Waals surface area contributed by atoms with Gasteiger partial charge in [-0.25, -0.2) is 0 Å². The monoisotopic (exact) mass is 567 g/mol. The van der Waals surface area contributed by atoms with Crippen molar-refractivity contribution in [3.63, 3.8) is 0 Å². The Hall–Kier alpha value is -1.91. The molecule has 0 bridgehead atoms. The van der Waals surface area contributed by atoms with Crippen molar-refractivity contribution in [1.82, 2.24) is 30.1 Å². The molecule has 172 valence electrons. The third kappa shape index (κ3) is 6.79. The number of aromatic nitrogens is 3. The molecule has 4 rings (SSSR count). The molecule has 7 nitrogen and oxygen atoms in total. The summed E-state index contributed by atoms with van der Waals surface area (Å²) in [5, 5.41) is 16.3. The Labute approximate surface area is 211 Å². The molecule has 3 heterocycles. The normalized spacial score (nSPS) is 15.5. The molecular formula is C23H31ClIN7. The summed E-state index contributed by atoms with van der Waals surface area (Å²) in [6.07, 6.45) is 6.08. The molecule has 0 aliphatic carbocycles. The van der Waals surface area contributed by atoms with Gasteiger partial charge in [0.25, 0.3) is 0 Å². The molecule has 3 aromatic rings. The molecule has 0 spiro atoms. The summed E-state index contributed by atoms with van der Waals surface area (Å²) in [5.41, 5.74) is 2.21. The van der Waals surface area contributed by atoms with Gasteiger partial charge < -0.3 is 10.6 Å². The van der Waals surface area contributed by atoms with E-state index in [4.69, 9.17) is 11.6 Å². The lowest BCUT2D eigenvalue weighted by atomic mass is 10.0. The third-order valence-electron chi connectivity index (χ3n) is 5.73. The molecule has 0 amide bonds. The van der Waals surface area contributed by atoms with Gasteiger partial charge in [0.05, 0.1) is 0 Å². The number of piperidine rings is 1. The molecule has 1 aliphatic heterocycles. The van der Waals surface area contributed by atoms with Gasteiger partial charge in [-0.1, -0.05) is 29.8 Å². The lowest BCUT2D eigenvalue weighted by molar-refractivity contribution is 0.198. The Kier molecular flexibility index (Phi) is 9.55. The van der Waals surface area contributed by atoms with E-state index in [-0.39, 0.29) is 24.0 Å². The van der Waals surface area contributed by atoms with Crippen molar-refractivity contribution in [1.29, 1.82) is 0 Å². The SMILES string of the molecule is CN=C(NCCCc1nnc2ccccn12)NC1CCN(Cc2ccc(Cl)cc2)CC1.I. The minimum atomic E-state index is 0. The van der Waals surface area contributed by atoms with Crippen molar-refractivity contribution in [2.45, 2.75) is 38.3 Å². The Bertz CT molecular complexity index is 997. The number of hydrogen-bond donors (Lipinski definition) is 2. The number of nitrogens with zero attached hydrogens (tertiary/aromatic N) is 5. The standard InChI is InChI=1S/C23H30ClN7.HI/c1-25-23(26-13-4-6-22-29-28-21-5-2-3-14-31(21)22)27-20-11-15-30(16-12-20)17-18-7-9-19(24)10-8-18;/h2-3,5,7-10,14,20H,4,6,11-13,15-17H2,1H3,(H2,25,26,27);1H. The molecule has 0 radical (unpaired) electrons. The fraction of sp³-hybridized carbons (Fsp3) is 0.435. The summed E-state index contributed by atoms with van der Waals surface area (Å²) in [6, 6.07) is 14.6. The largest absolute Gasteiger partial charge is 0.356 e. The number of nitrogens with one attached hydrogen (secondary N) is 2. The van der Waals surface area contributed by atoms with Gasteiger partial charge in [0.1, 0.15) is 5.82 Å². The number of benzene rings is 1. The highest BCUT2D eigenvalue weighted by Crippen LogP contribution is 2.16. The molecule has 0 atom stereocenters. The molecule has 9 heteroatoms. The summed E-state index contributed by atoms with van der Waals surface area (Å²) in [7, 11) is 1.83. The lowest BCUT2D eigenvalue weighted by Gasteiger charge is -2.33. The number of guanidine groups is 1. The number of rotatable bonds is 7. The average molecular weight is 568 g/mol. The summed E-state index contributed by atoms with van der Waals surface area (Å²) in [4.78, 5) is 6.90. The van der Waals surface area contributed by atoms with Crippen LogP contribution in [0.2, 0.25) is 5.02 Å². The van der Waals surface area contributed by atoms with Gasteiger partial charge in [-0.15, -0.1) is 34.2 Å². The van der Waals surface area contributed by atoms with Gasteiger partial charge in [0.2, 0.25) is 0 Å². The second-order valence-electron chi connectivity index (χ2n) is 7.97. The molecule has 0 saturated carbocycles. The van der Waals surface area contributed by atoms with Gasteiger partial charge in [0, 0.05) is 56.9 Å². The lowest BCUT2D eigenvalue weighted by Crippen LogP contribution is -2.48. The van der Waals surface area contributed by atoms with E-state index in [1.165, 1.54) is 5.56 Å². The van der Waals surface area contributed by atoms with E-state index in [1.54, 1.807) is 0 Å². The van der Waals surface area contributed by atoms with E-state index in [0.29, 0.717) is 6.04 Å². The van der Waals surface area contributed by atoms with E-state index in [1.807, 2.05) is 48.0 Å². The number of fused-ring (bicyclic) bond motifs is 1. The first kappa shape index (κ1) is 24.7. The molecule has 1 fully saturated rings. The minimum absolute atomic E-state index is 0. The van der Waals surface area contributed by atoms with Gasteiger partial charge in [0.15, 0.2) is 11.6 Å². The first-order chi connectivity index (χ1) is 15.2. The zero-order valence-corrected chi connectivity index (χ0v) is 21.5. The maximum absolute atomic E-state index is 5.98. The van der Waals surface area contributed by atoms with Crippen molar-refractivity contribution in [2.24, 2.45) is 4.99 Å². The van der Waals surface area contributed by atoms with Crippen molar-refractivity contribution in [3.8, 4) is 0 Å². The molecule has 1 aliphatic rings. The molecular weight excluding hydrogens is 537 g/mol. The number of halogens is 2. The van der Waals surface area contributed by atoms with Crippen LogP contribution in [0.4, 0.5) is 0 Å². The highest BCUT2D eigenvalue weighted by atomic mass is 127. The third-order valence-corrected chi connectivity index (χ3v) is 5.98. The Morgan fingerprint density at radius 3 is 2.66 bits per heavy atom. The quantitative estimate of drug-likeness (QED) is 0.197. The van der Waals surface area contributed by atoms with Crippen molar-refractivity contribution < 1.29 is 0 Å². The Balaban J connectivity index is 0.00000289. The minimum Gasteiger partial charge on any atom is -0.356 e. The van der Waals surface area contributed by atoms with Crippen molar-refractivity contribution in [2.75, 3.05) is 26.7 Å². The summed E-state index contributed by atoms with van der Waals surface area (Å²) < 4.78 is 2.05. The topological polar surface area (TPSA) is 69.8 Å². The molecule has 1 aromatic carbocycles. The first-order valence-electron chi connectivity index (χ1n) is 10.9. The van der Waals surface area contributed by atoms with Crippen LogP contribution in [0.1, 0.15) is 30.7 Å². The van der Waals surface area contributed by atoms with Gasteiger partial charge >= 0.3 is 0 Å². The number of likely N-dealkylation sites (tertiary alicyclic amines) is 1. The van der Waals surface area contributed by atoms with Gasteiger partial charge in [-0.3, -0.25) is 14.3 Å². The summed E-state index contributed by atoms with van der Waals surface area (Å²) in [5.74, 6) is 1.87. The number of pyridine rings is 1.